The minimum atomic E-state index is -4.98. The summed E-state index contributed by atoms with van der Waals surface area (Å²) in [6.07, 6.45) is -0.806. The van der Waals surface area contributed by atoms with Crippen LogP contribution in [0, 0.1) is 11.3 Å². The fourth-order valence-corrected chi connectivity index (χ4v) is 4.10. The highest BCUT2D eigenvalue weighted by molar-refractivity contribution is 6.06. The second-order valence-electron chi connectivity index (χ2n) is 8.25. The minimum Gasteiger partial charge on any atom is -0.404 e. The van der Waals surface area contributed by atoms with Gasteiger partial charge in [-0.2, -0.15) is 5.26 Å². The number of carbonyl (C=O) groups is 2. The number of pyridine rings is 1. The fraction of sp³-hybridized carbons (Fsp3) is 0.231. The molecule has 0 atom stereocenters. The molecule has 2 amide bonds. The number of benzene rings is 2. The molecule has 1 aliphatic rings. The first kappa shape index (κ1) is 24.7. The summed E-state index contributed by atoms with van der Waals surface area (Å²) < 4.78 is 42.8. The Morgan fingerprint density at radius 2 is 1.67 bits per heavy atom. The molecule has 0 spiro atoms. The summed E-state index contributed by atoms with van der Waals surface area (Å²) in [5.74, 6) is -1.41. The third-order valence-electron chi connectivity index (χ3n) is 5.94. The van der Waals surface area contributed by atoms with Crippen LogP contribution in [0.5, 0.6) is 5.75 Å². The number of anilines is 1. The van der Waals surface area contributed by atoms with Gasteiger partial charge in [-0.25, -0.2) is 0 Å². The van der Waals surface area contributed by atoms with Gasteiger partial charge >= 0.3 is 6.36 Å². The molecule has 1 fully saturated rings. The number of carbonyl (C=O) groups excluding carboxylic acids is 2. The van der Waals surface area contributed by atoms with Gasteiger partial charge in [0.15, 0.2) is 5.75 Å². The van der Waals surface area contributed by atoms with E-state index in [1.807, 2.05) is 12.1 Å². The van der Waals surface area contributed by atoms with E-state index >= 15 is 0 Å². The van der Waals surface area contributed by atoms with Gasteiger partial charge in [-0.1, -0.05) is 12.1 Å². The van der Waals surface area contributed by atoms with E-state index in [9.17, 15) is 22.8 Å². The molecule has 0 unspecified atom stereocenters. The third-order valence-corrected chi connectivity index (χ3v) is 5.94. The fourth-order valence-electron chi connectivity index (χ4n) is 4.10. The number of halogens is 3. The lowest BCUT2D eigenvalue weighted by Crippen LogP contribution is -2.38. The van der Waals surface area contributed by atoms with Crippen molar-refractivity contribution in [2.24, 2.45) is 0 Å². The number of hydrogen-bond acceptors (Lipinski definition) is 5. The number of amides is 2. The summed E-state index contributed by atoms with van der Waals surface area (Å²) in [5.41, 5.74) is 1.72. The summed E-state index contributed by atoms with van der Waals surface area (Å²) in [6.45, 7) is 0.923. The molecule has 1 saturated heterocycles. The Balaban J connectivity index is 1.49. The van der Waals surface area contributed by atoms with Gasteiger partial charge in [0.1, 0.15) is 0 Å². The molecule has 0 saturated carbocycles. The molecule has 2 aromatic carbocycles. The molecule has 0 bridgehead atoms. The summed E-state index contributed by atoms with van der Waals surface area (Å²) >= 11 is 0. The van der Waals surface area contributed by atoms with Gasteiger partial charge in [0, 0.05) is 36.6 Å². The Bertz CT molecular complexity index is 1280. The third kappa shape index (κ3) is 5.99. The van der Waals surface area contributed by atoms with Gasteiger partial charge in [0.25, 0.3) is 11.8 Å². The Hall–Kier alpha value is -4.39. The van der Waals surface area contributed by atoms with Crippen molar-refractivity contribution in [2.75, 3.05) is 18.4 Å². The topological polar surface area (TPSA) is 95.3 Å². The Morgan fingerprint density at radius 1 is 1.00 bits per heavy atom. The number of ether oxygens (including phenoxy) is 1. The van der Waals surface area contributed by atoms with Gasteiger partial charge in [-0.3, -0.25) is 14.6 Å². The first-order chi connectivity index (χ1) is 17.2. The molecular weight excluding hydrogens is 473 g/mol. The predicted octanol–water partition coefficient (Wildman–Crippen LogP) is 5.12. The smallest absolute Gasteiger partial charge is 0.404 e. The molecule has 0 aliphatic carbocycles. The van der Waals surface area contributed by atoms with Crippen LogP contribution < -0.4 is 10.1 Å². The molecule has 10 heteroatoms. The zero-order chi connectivity index (χ0) is 25.7. The van der Waals surface area contributed by atoms with E-state index in [0.29, 0.717) is 31.5 Å². The molecule has 3 aromatic rings. The van der Waals surface area contributed by atoms with Crippen molar-refractivity contribution in [3.8, 4) is 11.8 Å². The van der Waals surface area contributed by atoms with Gasteiger partial charge in [-0.15, -0.1) is 13.2 Å². The first-order valence-corrected chi connectivity index (χ1v) is 11.1. The van der Waals surface area contributed by atoms with Gasteiger partial charge in [0.2, 0.25) is 0 Å². The van der Waals surface area contributed by atoms with Crippen molar-refractivity contribution in [2.45, 2.75) is 25.1 Å². The summed E-state index contributed by atoms with van der Waals surface area (Å²) in [7, 11) is 0. The molecule has 2 heterocycles. The lowest BCUT2D eigenvalue weighted by Gasteiger charge is -2.32. The first-order valence-electron chi connectivity index (χ1n) is 11.1. The summed E-state index contributed by atoms with van der Waals surface area (Å²) in [5, 5.41) is 11.4. The van der Waals surface area contributed by atoms with E-state index in [1.165, 1.54) is 36.7 Å². The van der Waals surface area contributed by atoms with E-state index < -0.39 is 18.0 Å². The SMILES string of the molecule is N#Cc1ccc(C2CCN(C(=O)c3ccc(OC(F)(F)F)c(NC(=O)c4ccncc4)c3)CC2)cc1. The molecular formula is C26H21F3N4O3. The molecule has 36 heavy (non-hydrogen) atoms. The molecule has 1 aliphatic heterocycles. The van der Waals surface area contributed by atoms with Gasteiger partial charge in [-0.05, 0) is 66.8 Å². The monoisotopic (exact) mass is 494 g/mol. The lowest BCUT2D eigenvalue weighted by molar-refractivity contribution is -0.274. The van der Waals surface area contributed by atoms with Crippen LogP contribution >= 0.6 is 0 Å². The van der Waals surface area contributed by atoms with Crippen molar-refractivity contribution in [3.63, 3.8) is 0 Å². The highest BCUT2D eigenvalue weighted by Gasteiger charge is 2.33. The Kier molecular flexibility index (Phi) is 7.20. The average molecular weight is 494 g/mol. The quantitative estimate of drug-likeness (QED) is 0.531. The number of hydrogen-bond donors (Lipinski definition) is 1. The van der Waals surface area contributed by atoms with Gasteiger partial charge in [0.05, 0.1) is 17.3 Å². The van der Waals surface area contributed by atoms with Crippen molar-refractivity contribution in [3.05, 3.63) is 89.2 Å². The van der Waals surface area contributed by atoms with E-state index in [2.05, 4.69) is 21.1 Å². The van der Waals surface area contributed by atoms with Crippen LogP contribution in [-0.4, -0.2) is 41.2 Å². The van der Waals surface area contributed by atoms with Crippen LogP contribution in [-0.2, 0) is 0 Å². The van der Waals surface area contributed by atoms with Crippen LogP contribution in [0.15, 0.2) is 67.0 Å². The van der Waals surface area contributed by atoms with Crippen molar-refractivity contribution in [1.82, 2.24) is 9.88 Å². The summed E-state index contributed by atoms with van der Waals surface area (Å²) in [6, 6.07) is 15.7. The summed E-state index contributed by atoms with van der Waals surface area (Å²) in [4.78, 5) is 31.1. The van der Waals surface area contributed by atoms with Crippen molar-refractivity contribution >= 4 is 17.5 Å². The number of alkyl halides is 3. The number of aromatic nitrogens is 1. The lowest BCUT2D eigenvalue weighted by atomic mass is 9.89. The molecule has 4 rings (SSSR count). The van der Waals surface area contributed by atoms with Crippen LogP contribution in [0.4, 0.5) is 18.9 Å². The van der Waals surface area contributed by atoms with E-state index in [0.717, 1.165) is 11.6 Å². The molecule has 1 aromatic heterocycles. The maximum Gasteiger partial charge on any atom is 0.573 e. The number of nitrogens with one attached hydrogen (secondary N) is 1. The van der Waals surface area contributed by atoms with E-state index in [-0.39, 0.29) is 28.6 Å². The van der Waals surface area contributed by atoms with Crippen LogP contribution in [0.2, 0.25) is 0 Å². The number of nitrogens with zero attached hydrogens (tertiary/aromatic N) is 3. The van der Waals surface area contributed by atoms with Crippen molar-refractivity contribution < 1.29 is 27.5 Å². The molecule has 0 radical (unpaired) electrons. The molecule has 1 N–H and O–H groups in total. The normalized spacial score (nSPS) is 14.1. The zero-order valence-electron chi connectivity index (χ0n) is 19.0. The van der Waals surface area contributed by atoms with Gasteiger partial charge < -0.3 is 15.0 Å². The van der Waals surface area contributed by atoms with Crippen LogP contribution in [0.3, 0.4) is 0 Å². The highest BCUT2D eigenvalue weighted by Crippen LogP contribution is 2.33. The number of likely N-dealkylation sites (tertiary alicyclic amines) is 1. The highest BCUT2D eigenvalue weighted by atomic mass is 19.4. The largest absolute Gasteiger partial charge is 0.573 e. The molecule has 7 nitrogen and oxygen atoms in total. The van der Waals surface area contributed by atoms with Crippen LogP contribution in [0.25, 0.3) is 0 Å². The van der Waals surface area contributed by atoms with Crippen LogP contribution in [0.1, 0.15) is 50.6 Å². The predicted molar refractivity (Wildman–Crippen MR) is 124 cm³/mol. The Morgan fingerprint density at radius 3 is 2.28 bits per heavy atom. The van der Waals surface area contributed by atoms with E-state index in [4.69, 9.17) is 5.26 Å². The van der Waals surface area contributed by atoms with Crippen molar-refractivity contribution in [1.29, 1.82) is 5.26 Å². The second-order valence-corrected chi connectivity index (χ2v) is 8.25. The zero-order valence-corrected chi connectivity index (χ0v) is 19.0. The second kappa shape index (κ2) is 10.5. The van der Waals surface area contributed by atoms with E-state index in [1.54, 1.807) is 17.0 Å². The minimum absolute atomic E-state index is 0.131. The number of nitriles is 1. The average Bonchev–Trinajstić information content (AvgIpc) is 2.89. The molecule has 184 valence electrons. The maximum atomic E-state index is 13.1. The standard InChI is InChI=1S/C26H21F3N4O3/c27-26(28,29)36-23-6-5-21(15-22(23)32-24(34)20-7-11-31-12-8-20)25(35)33-13-9-19(10-14-33)18-3-1-17(16-30)2-4-18/h1-8,11-12,15,19H,9-10,13-14H2,(H,32,34). The number of rotatable bonds is 5. The maximum absolute atomic E-state index is 13.1. The Labute approximate surface area is 205 Å². The number of piperidine rings is 1.